The zero-order valence-corrected chi connectivity index (χ0v) is 32.1. The maximum Gasteiger partial charge on any atom is 0.179 e. The van der Waals surface area contributed by atoms with Crippen LogP contribution >= 0.6 is 0 Å². The molecule has 0 aliphatic heterocycles. The minimum atomic E-state index is -2.96. The summed E-state index contributed by atoms with van der Waals surface area (Å²) < 4.78 is 4.81. The largest absolute Gasteiger partial charge is 0.309 e. The molecule has 0 atom stereocenters. The van der Waals surface area contributed by atoms with Crippen molar-refractivity contribution in [1.29, 1.82) is 0 Å². The lowest BCUT2D eigenvalue weighted by molar-refractivity contribution is 1.08. The zero-order valence-electron chi connectivity index (χ0n) is 31.1. The highest BCUT2D eigenvalue weighted by Crippen LogP contribution is 2.41. The second kappa shape index (κ2) is 13.4. The molecule has 0 N–H and O–H groups in total. The molecular formula is C52H36N4Si. The first-order valence-corrected chi connectivity index (χ1v) is 21.4. The Bertz CT molecular complexity index is 3170. The number of fused-ring (bicyclic) bond motifs is 7. The standard InChI is InChI=1S/C52H36N4Si/c1-4-18-38(19-5-1)55-47-27-11-10-25-45(47)51-48(55)32-31-44-43-30-29-42(36-49(43)56(52(44)51)50-28-13-15-34-54-50)57(39-20-6-2-7-21-39,40-22-8-3-9-23-40)41-24-16-17-37(35-41)46-26-12-14-33-53-46/h1-36H. The van der Waals surface area contributed by atoms with Gasteiger partial charge in [-0.3, -0.25) is 9.55 Å². The van der Waals surface area contributed by atoms with Crippen molar-refractivity contribution in [2.45, 2.75) is 0 Å². The van der Waals surface area contributed by atoms with Gasteiger partial charge >= 0.3 is 0 Å². The monoisotopic (exact) mass is 744 g/mol. The van der Waals surface area contributed by atoms with Crippen LogP contribution < -0.4 is 20.7 Å². The summed E-state index contributed by atoms with van der Waals surface area (Å²) in [5.41, 5.74) is 7.85. The number of rotatable bonds is 7. The molecule has 0 unspecified atom stereocenters. The van der Waals surface area contributed by atoms with Crippen molar-refractivity contribution in [3.8, 4) is 22.8 Å². The lowest BCUT2D eigenvalue weighted by Crippen LogP contribution is -2.74. The summed E-state index contributed by atoms with van der Waals surface area (Å²) in [6, 6.07) is 75.1. The third-order valence-electron chi connectivity index (χ3n) is 11.6. The topological polar surface area (TPSA) is 35.6 Å². The van der Waals surface area contributed by atoms with E-state index in [2.05, 4.69) is 203 Å². The Kier molecular flexibility index (Phi) is 7.79. The van der Waals surface area contributed by atoms with E-state index in [-0.39, 0.29) is 0 Å². The molecule has 0 aliphatic carbocycles. The lowest BCUT2D eigenvalue weighted by atomic mass is 10.1. The number of pyridine rings is 2. The van der Waals surface area contributed by atoms with Gasteiger partial charge < -0.3 is 4.57 Å². The fourth-order valence-electron chi connectivity index (χ4n) is 9.19. The van der Waals surface area contributed by atoms with Crippen molar-refractivity contribution >= 4 is 72.4 Å². The average Bonchev–Trinajstić information content (AvgIpc) is 3.81. The van der Waals surface area contributed by atoms with Crippen LogP contribution in [-0.2, 0) is 0 Å². The van der Waals surface area contributed by atoms with Gasteiger partial charge in [-0.15, -0.1) is 0 Å². The Labute approximate surface area is 331 Å². The maximum absolute atomic E-state index is 5.05. The van der Waals surface area contributed by atoms with Gasteiger partial charge in [-0.25, -0.2) is 4.98 Å². The van der Waals surface area contributed by atoms with E-state index in [1.807, 2.05) is 24.5 Å². The quantitative estimate of drug-likeness (QED) is 0.120. The van der Waals surface area contributed by atoms with Crippen molar-refractivity contribution in [3.05, 3.63) is 219 Å². The second-order valence-electron chi connectivity index (χ2n) is 14.6. The van der Waals surface area contributed by atoms with Gasteiger partial charge in [0.2, 0.25) is 0 Å². The number of nitrogens with zero attached hydrogens (tertiary/aromatic N) is 4. The van der Waals surface area contributed by atoms with E-state index in [1.54, 1.807) is 0 Å². The normalized spacial score (nSPS) is 11.9. The van der Waals surface area contributed by atoms with E-state index < -0.39 is 8.07 Å². The van der Waals surface area contributed by atoms with Crippen LogP contribution in [0.25, 0.3) is 66.4 Å². The van der Waals surface area contributed by atoms with Gasteiger partial charge in [0, 0.05) is 45.2 Å². The van der Waals surface area contributed by atoms with E-state index in [4.69, 9.17) is 9.97 Å². The molecule has 268 valence electrons. The fourth-order valence-corrected chi connectivity index (χ4v) is 14.0. The molecular weight excluding hydrogens is 709 g/mol. The number of benzene rings is 7. The molecule has 11 rings (SSSR count). The van der Waals surface area contributed by atoms with Gasteiger partial charge in [0.25, 0.3) is 0 Å². The van der Waals surface area contributed by atoms with Crippen LogP contribution in [0.15, 0.2) is 219 Å². The van der Waals surface area contributed by atoms with Gasteiger partial charge in [-0.05, 0) is 75.3 Å². The van der Waals surface area contributed by atoms with E-state index in [1.165, 1.54) is 53.3 Å². The highest BCUT2D eigenvalue weighted by molar-refractivity contribution is 7.20. The number of aromatic nitrogens is 4. The predicted molar refractivity (Wildman–Crippen MR) is 240 cm³/mol. The van der Waals surface area contributed by atoms with E-state index >= 15 is 0 Å². The molecule has 0 radical (unpaired) electrons. The molecule has 57 heavy (non-hydrogen) atoms. The molecule has 0 fully saturated rings. The molecule has 0 aliphatic rings. The van der Waals surface area contributed by atoms with E-state index in [0.717, 1.165) is 33.8 Å². The lowest BCUT2D eigenvalue weighted by Gasteiger charge is -2.34. The first-order valence-electron chi connectivity index (χ1n) is 19.4. The predicted octanol–water partition coefficient (Wildman–Crippen LogP) is 9.72. The van der Waals surface area contributed by atoms with E-state index in [9.17, 15) is 0 Å². The first kappa shape index (κ1) is 33.0. The van der Waals surface area contributed by atoms with Gasteiger partial charge in [-0.1, -0.05) is 152 Å². The fraction of sp³-hybridized carbons (Fsp3) is 0. The first-order chi connectivity index (χ1) is 28.3. The molecule has 5 heteroatoms. The Hall–Kier alpha value is -7.34. The summed E-state index contributed by atoms with van der Waals surface area (Å²) in [5.74, 6) is 0.891. The molecule has 0 saturated carbocycles. The molecule has 0 spiro atoms. The third kappa shape index (κ3) is 5.13. The summed E-state index contributed by atoms with van der Waals surface area (Å²) in [4.78, 5) is 9.82. The van der Waals surface area contributed by atoms with Crippen molar-refractivity contribution in [2.24, 2.45) is 0 Å². The molecule has 0 bridgehead atoms. The van der Waals surface area contributed by atoms with Crippen molar-refractivity contribution < 1.29 is 0 Å². The summed E-state index contributed by atoms with van der Waals surface area (Å²) in [6.45, 7) is 0. The van der Waals surface area contributed by atoms with E-state index in [0.29, 0.717) is 0 Å². The van der Waals surface area contributed by atoms with Crippen LogP contribution in [-0.4, -0.2) is 27.2 Å². The number of hydrogen-bond donors (Lipinski definition) is 0. The number of hydrogen-bond acceptors (Lipinski definition) is 2. The molecule has 0 saturated heterocycles. The minimum absolute atomic E-state index is 0.891. The highest BCUT2D eigenvalue weighted by atomic mass is 28.3. The molecule has 4 nitrogen and oxygen atoms in total. The third-order valence-corrected chi connectivity index (χ3v) is 16.3. The molecule has 11 aromatic rings. The Balaban J connectivity index is 1.29. The summed E-state index contributed by atoms with van der Waals surface area (Å²) in [7, 11) is -2.96. The Morgan fingerprint density at radius 3 is 1.72 bits per heavy atom. The minimum Gasteiger partial charge on any atom is -0.309 e. The zero-order chi connectivity index (χ0) is 37.8. The molecule has 4 heterocycles. The van der Waals surface area contributed by atoms with Gasteiger partial charge in [-0.2, -0.15) is 0 Å². The van der Waals surface area contributed by atoms with Crippen LogP contribution in [0, 0.1) is 0 Å². The average molecular weight is 745 g/mol. The van der Waals surface area contributed by atoms with Gasteiger partial charge in [0.1, 0.15) is 5.82 Å². The van der Waals surface area contributed by atoms with Crippen LogP contribution in [0.2, 0.25) is 0 Å². The van der Waals surface area contributed by atoms with Crippen LogP contribution in [0.1, 0.15) is 0 Å². The maximum atomic E-state index is 5.05. The molecule has 0 amide bonds. The van der Waals surface area contributed by atoms with Crippen molar-refractivity contribution in [1.82, 2.24) is 19.1 Å². The van der Waals surface area contributed by atoms with Crippen LogP contribution in [0.4, 0.5) is 0 Å². The van der Waals surface area contributed by atoms with Crippen molar-refractivity contribution in [2.75, 3.05) is 0 Å². The smallest absolute Gasteiger partial charge is 0.179 e. The molecule has 7 aromatic carbocycles. The SMILES string of the molecule is c1ccc(-n2c3ccccc3c3c2ccc2c4ccc([Si](c5ccccc5)(c5ccccc5)c5cccc(-c6ccccn6)c5)cc4n(-c4ccccn4)c23)cc1. The summed E-state index contributed by atoms with van der Waals surface area (Å²) in [6.07, 6.45) is 3.78. The van der Waals surface area contributed by atoms with Crippen LogP contribution in [0.3, 0.4) is 0 Å². The highest BCUT2D eigenvalue weighted by Gasteiger charge is 2.42. The van der Waals surface area contributed by atoms with Gasteiger partial charge in [0.15, 0.2) is 8.07 Å². The number of para-hydroxylation sites is 2. The van der Waals surface area contributed by atoms with Crippen LogP contribution in [0.5, 0.6) is 0 Å². The van der Waals surface area contributed by atoms with Crippen molar-refractivity contribution in [3.63, 3.8) is 0 Å². The Morgan fingerprint density at radius 2 is 1.00 bits per heavy atom. The second-order valence-corrected chi connectivity index (χ2v) is 18.4. The summed E-state index contributed by atoms with van der Waals surface area (Å²) in [5, 5.41) is 10.1. The van der Waals surface area contributed by atoms with Gasteiger partial charge in [0.05, 0.1) is 27.8 Å². The molecule has 4 aromatic heterocycles. The Morgan fingerprint density at radius 1 is 0.368 bits per heavy atom. The summed E-state index contributed by atoms with van der Waals surface area (Å²) >= 11 is 0.